The minimum Gasteiger partial charge on any atom is -0.481 e. The second-order valence-electron chi connectivity index (χ2n) is 17.6. The standard InChI is InChI=1S/2C12H22O2.2C10H18O2/c1-4-14-12(13)11-7-5-10(6-8-11)9(2)3;1-4-14-12(13)11-7-5-6-10(8-11)9(2)3;1-7(2)8-3-5-9(6-4-8)10(11)12;1-7(2)8-4-3-5-9(6-8)10(11)12/h2*9-11H,4-8H2,1-3H3;2*7-9H,3-6H2,1-2H3,(H,11,12). The highest BCUT2D eigenvalue weighted by Crippen LogP contribution is 2.36. The van der Waals surface area contributed by atoms with Crippen molar-refractivity contribution in [2.24, 2.45) is 71.0 Å². The van der Waals surface area contributed by atoms with E-state index in [0.717, 1.165) is 100 Å². The molecule has 0 saturated heterocycles. The Bertz CT molecular complexity index is 1000. The number of rotatable bonds is 10. The molecular formula is C44H80O8. The van der Waals surface area contributed by atoms with Gasteiger partial charge in [0.05, 0.1) is 36.9 Å². The average Bonchev–Trinajstić information content (AvgIpc) is 3.12. The lowest BCUT2D eigenvalue weighted by Crippen LogP contribution is -2.26. The zero-order chi connectivity index (χ0) is 39.4. The number of carbonyl (C=O) groups excluding carboxylic acids is 2. The van der Waals surface area contributed by atoms with E-state index in [1.54, 1.807) is 0 Å². The first-order chi connectivity index (χ1) is 24.5. The molecule has 52 heavy (non-hydrogen) atoms. The molecule has 4 unspecified atom stereocenters. The van der Waals surface area contributed by atoms with Gasteiger partial charge in [0.25, 0.3) is 0 Å². The lowest BCUT2D eigenvalue weighted by molar-refractivity contribution is -0.150. The van der Waals surface area contributed by atoms with Gasteiger partial charge in [0, 0.05) is 0 Å². The van der Waals surface area contributed by atoms with E-state index in [1.807, 2.05) is 13.8 Å². The third kappa shape index (κ3) is 18.3. The highest BCUT2D eigenvalue weighted by atomic mass is 16.5. The molecule has 4 fully saturated rings. The average molecular weight is 737 g/mol. The fraction of sp³-hybridized carbons (Fsp3) is 0.909. The van der Waals surface area contributed by atoms with Crippen molar-refractivity contribution >= 4 is 23.9 Å². The summed E-state index contributed by atoms with van der Waals surface area (Å²) < 4.78 is 10.1. The van der Waals surface area contributed by atoms with Gasteiger partial charge in [-0.05, 0) is 138 Å². The maximum Gasteiger partial charge on any atom is 0.308 e. The van der Waals surface area contributed by atoms with Crippen molar-refractivity contribution in [3.05, 3.63) is 0 Å². The Morgan fingerprint density at radius 3 is 1.12 bits per heavy atom. The fourth-order valence-electron chi connectivity index (χ4n) is 8.68. The zero-order valence-corrected chi connectivity index (χ0v) is 35.0. The molecule has 8 heteroatoms. The molecule has 0 aliphatic heterocycles. The van der Waals surface area contributed by atoms with Crippen LogP contribution in [0.5, 0.6) is 0 Å². The first-order valence-corrected chi connectivity index (χ1v) is 21.3. The largest absolute Gasteiger partial charge is 0.481 e. The molecule has 8 nitrogen and oxygen atoms in total. The number of hydrogen-bond acceptors (Lipinski definition) is 6. The first kappa shape index (κ1) is 47.9. The Morgan fingerprint density at radius 1 is 0.442 bits per heavy atom. The molecule has 4 aliphatic rings. The zero-order valence-electron chi connectivity index (χ0n) is 35.0. The van der Waals surface area contributed by atoms with E-state index in [-0.39, 0.29) is 35.6 Å². The van der Waals surface area contributed by atoms with E-state index in [1.165, 1.54) is 32.1 Å². The topological polar surface area (TPSA) is 127 Å². The van der Waals surface area contributed by atoms with Crippen LogP contribution in [-0.2, 0) is 28.7 Å². The summed E-state index contributed by atoms with van der Waals surface area (Å²) in [6, 6.07) is 0. The van der Waals surface area contributed by atoms with E-state index in [0.29, 0.717) is 31.0 Å². The summed E-state index contributed by atoms with van der Waals surface area (Å²) in [5, 5.41) is 17.6. The van der Waals surface area contributed by atoms with Crippen molar-refractivity contribution in [2.75, 3.05) is 13.2 Å². The maximum atomic E-state index is 11.5. The smallest absolute Gasteiger partial charge is 0.308 e. The van der Waals surface area contributed by atoms with E-state index < -0.39 is 11.9 Å². The Labute approximate surface area is 318 Å². The van der Waals surface area contributed by atoms with Crippen LogP contribution < -0.4 is 0 Å². The molecule has 4 saturated carbocycles. The first-order valence-electron chi connectivity index (χ1n) is 21.3. The van der Waals surface area contributed by atoms with E-state index in [2.05, 4.69) is 55.4 Å². The molecule has 304 valence electrons. The van der Waals surface area contributed by atoms with E-state index >= 15 is 0 Å². The molecule has 0 aromatic rings. The van der Waals surface area contributed by atoms with Crippen molar-refractivity contribution in [1.29, 1.82) is 0 Å². The molecule has 0 aromatic carbocycles. The fourth-order valence-corrected chi connectivity index (χ4v) is 8.68. The summed E-state index contributed by atoms with van der Waals surface area (Å²) in [7, 11) is 0. The van der Waals surface area contributed by atoms with E-state index in [4.69, 9.17) is 19.7 Å². The molecule has 0 heterocycles. The minimum absolute atomic E-state index is 0.0229. The Hall–Kier alpha value is -2.12. The van der Waals surface area contributed by atoms with Gasteiger partial charge in [0.2, 0.25) is 0 Å². The molecular weight excluding hydrogens is 656 g/mol. The Balaban J connectivity index is 0.000000348. The number of esters is 2. The van der Waals surface area contributed by atoms with Crippen LogP contribution in [0.2, 0.25) is 0 Å². The lowest BCUT2D eigenvalue weighted by atomic mass is 9.76. The highest BCUT2D eigenvalue weighted by molar-refractivity contribution is 5.73. The van der Waals surface area contributed by atoms with Crippen LogP contribution in [0.3, 0.4) is 0 Å². The summed E-state index contributed by atoms with van der Waals surface area (Å²) in [5.41, 5.74) is 0. The van der Waals surface area contributed by atoms with Gasteiger partial charge in [0.15, 0.2) is 0 Å². The second kappa shape index (κ2) is 25.8. The molecule has 0 radical (unpaired) electrons. The third-order valence-electron chi connectivity index (χ3n) is 12.7. The van der Waals surface area contributed by atoms with Crippen molar-refractivity contribution in [3.63, 3.8) is 0 Å². The molecule has 4 atom stereocenters. The van der Waals surface area contributed by atoms with Gasteiger partial charge >= 0.3 is 23.9 Å². The molecule has 0 amide bonds. The van der Waals surface area contributed by atoms with Gasteiger partial charge in [-0.3, -0.25) is 19.2 Å². The minimum atomic E-state index is -0.600. The number of aliphatic carboxylic acids is 2. The summed E-state index contributed by atoms with van der Waals surface area (Å²) in [6.07, 6.45) is 17.1. The summed E-state index contributed by atoms with van der Waals surface area (Å²) in [6.45, 7) is 22.7. The molecule has 4 rings (SSSR count). The van der Waals surface area contributed by atoms with Crippen molar-refractivity contribution in [3.8, 4) is 0 Å². The van der Waals surface area contributed by atoms with Gasteiger partial charge in [-0.25, -0.2) is 0 Å². The number of carboxylic acids is 2. The van der Waals surface area contributed by atoms with Crippen LogP contribution in [0, 0.1) is 71.0 Å². The summed E-state index contributed by atoms with van der Waals surface area (Å²) in [5.74, 6) is 4.87. The lowest BCUT2D eigenvalue weighted by Gasteiger charge is -2.30. The Morgan fingerprint density at radius 2 is 0.769 bits per heavy atom. The second-order valence-corrected chi connectivity index (χ2v) is 17.6. The van der Waals surface area contributed by atoms with Gasteiger partial charge in [0.1, 0.15) is 0 Å². The summed E-state index contributed by atoms with van der Waals surface area (Å²) in [4.78, 5) is 44.3. The van der Waals surface area contributed by atoms with Crippen LogP contribution >= 0.6 is 0 Å². The van der Waals surface area contributed by atoms with Gasteiger partial charge < -0.3 is 19.7 Å². The number of ether oxygens (including phenoxy) is 2. The summed E-state index contributed by atoms with van der Waals surface area (Å²) >= 11 is 0. The van der Waals surface area contributed by atoms with Crippen molar-refractivity contribution in [1.82, 2.24) is 0 Å². The molecule has 2 N–H and O–H groups in total. The van der Waals surface area contributed by atoms with E-state index in [9.17, 15) is 19.2 Å². The molecule has 0 spiro atoms. The van der Waals surface area contributed by atoms with Crippen molar-refractivity contribution < 1.29 is 38.9 Å². The molecule has 0 bridgehead atoms. The maximum absolute atomic E-state index is 11.5. The van der Waals surface area contributed by atoms with Gasteiger partial charge in [-0.2, -0.15) is 0 Å². The predicted molar refractivity (Wildman–Crippen MR) is 210 cm³/mol. The monoisotopic (exact) mass is 737 g/mol. The SMILES string of the molecule is CC(C)C1CCC(C(=O)O)CC1.CC(C)C1CCCC(C(=O)O)C1.CCOC(=O)C1CCC(C(C)C)CC1.CCOC(=O)C1CCCC(C(C)C)C1. The van der Waals surface area contributed by atoms with Gasteiger partial charge in [-0.15, -0.1) is 0 Å². The molecule has 0 aromatic heterocycles. The Kier molecular flexibility index (Phi) is 23.8. The van der Waals surface area contributed by atoms with Crippen LogP contribution in [0.15, 0.2) is 0 Å². The quantitative estimate of drug-likeness (QED) is 0.212. The number of carboxylic acid groups (broad SMARTS) is 2. The molecule has 4 aliphatic carbocycles. The highest BCUT2D eigenvalue weighted by Gasteiger charge is 2.31. The van der Waals surface area contributed by atoms with Crippen LogP contribution in [0.25, 0.3) is 0 Å². The number of hydrogen-bond donors (Lipinski definition) is 2. The predicted octanol–water partition coefficient (Wildman–Crippen LogP) is 11.1. The van der Waals surface area contributed by atoms with Crippen molar-refractivity contribution in [2.45, 2.75) is 172 Å². The van der Waals surface area contributed by atoms with Crippen LogP contribution in [0.4, 0.5) is 0 Å². The van der Waals surface area contributed by atoms with Crippen LogP contribution in [0.1, 0.15) is 172 Å². The van der Waals surface area contributed by atoms with Gasteiger partial charge in [-0.1, -0.05) is 81.1 Å². The number of carbonyl (C=O) groups is 4. The van der Waals surface area contributed by atoms with Crippen LogP contribution in [-0.4, -0.2) is 47.3 Å². The third-order valence-corrected chi connectivity index (χ3v) is 12.7. The normalized spacial score (nSPS) is 29.0.